The highest BCUT2D eigenvalue weighted by Gasteiger charge is 2.15. The molecule has 0 aromatic carbocycles. The van der Waals surface area contributed by atoms with Gasteiger partial charge in [0, 0.05) is 46.9 Å². The zero-order valence-corrected chi connectivity index (χ0v) is 18.9. The van der Waals surface area contributed by atoms with E-state index in [4.69, 9.17) is 4.74 Å². The summed E-state index contributed by atoms with van der Waals surface area (Å²) in [6.07, 6.45) is 3.47. The summed E-state index contributed by atoms with van der Waals surface area (Å²) < 4.78 is 5.41. The highest BCUT2D eigenvalue weighted by molar-refractivity contribution is 14.0. The molecular weight excluding hydrogens is 465 g/mol. The molecule has 1 fully saturated rings. The lowest BCUT2D eigenvalue weighted by molar-refractivity contribution is 0.0625. The second-order valence-corrected chi connectivity index (χ2v) is 7.12. The van der Waals surface area contributed by atoms with Gasteiger partial charge in [-0.15, -0.1) is 35.3 Å². The topological polar surface area (TPSA) is 78.8 Å². The largest absolute Gasteiger partial charge is 0.381 e. The molecule has 9 heteroatoms. The minimum absolute atomic E-state index is 0. The smallest absolute Gasteiger partial charge is 0.263 e. The third-order valence-corrected chi connectivity index (χ3v) is 5.36. The predicted octanol–water partition coefficient (Wildman–Crippen LogP) is 2.12. The molecule has 148 valence electrons. The molecule has 0 spiro atoms. The maximum atomic E-state index is 12.0. The van der Waals surface area contributed by atoms with Gasteiger partial charge in [0.25, 0.3) is 5.91 Å². The first-order valence-electron chi connectivity index (χ1n) is 8.79. The van der Waals surface area contributed by atoms with Crippen molar-refractivity contribution in [1.29, 1.82) is 0 Å². The number of nitrogens with one attached hydrogen (secondary N) is 2. The summed E-state index contributed by atoms with van der Waals surface area (Å²) in [4.78, 5) is 23.3. The van der Waals surface area contributed by atoms with E-state index in [1.165, 1.54) is 11.3 Å². The van der Waals surface area contributed by atoms with Crippen molar-refractivity contribution in [3.63, 3.8) is 0 Å². The molecule has 0 aliphatic carbocycles. The highest BCUT2D eigenvalue weighted by atomic mass is 127. The van der Waals surface area contributed by atoms with Crippen molar-refractivity contribution in [2.45, 2.75) is 26.2 Å². The first kappa shape index (κ1) is 23.1. The van der Waals surface area contributed by atoms with E-state index in [-0.39, 0.29) is 29.9 Å². The number of hydrogen-bond acceptors (Lipinski definition) is 5. The molecule has 0 bridgehead atoms. The van der Waals surface area contributed by atoms with Crippen molar-refractivity contribution < 1.29 is 9.53 Å². The van der Waals surface area contributed by atoms with Crippen LogP contribution in [0.2, 0.25) is 0 Å². The lowest BCUT2D eigenvalue weighted by Crippen LogP contribution is -2.43. The van der Waals surface area contributed by atoms with Gasteiger partial charge in [-0.1, -0.05) is 0 Å². The van der Waals surface area contributed by atoms with Gasteiger partial charge < -0.3 is 20.3 Å². The molecule has 2 rings (SSSR count). The van der Waals surface area contributed by atoms with Crippen molar-refractivity contribution in [3.8, 4) is 0 Å². The summed E-state index contributed by atoms with van der Waals surface area (Å²) in [5.41, 5.74) is 2.47. The second kappa shape index (κ2) is 12.4. The zero-order valence-electron chi connectivity index (χ0n) is 15.8. The molecule has 0 radical (unpaired) electrons. The Labute approximate surface area is 177 Å². The Hall–Kier alpha value is -0.940. The Balaban J connectivity index is 0.00000338. The van der Waals surface area contributed by atoms with Crippen molar-refractivity contribution in [2.75, 3.05) is 46.9 Å². The van der Waals surface area contributed by atoms with Crippen LogP contribution in [0.3, 0.4) is 0 Å². The van der Waals surface area contributed by atoms with Crippen LogP contribution in [0.4, 0.5) is 0 Å². The lowest BCUT2D eigenvalue weighted by Gasteiger charge is -2.26. The molecule has 1 aliphatic rings. The molecule has 1 aromatic heterocycles. The van der Waals surface area contributed by atoms with Crippen molar-refractivity contribution >= 4 is 47.2 Å². The van der Waals surface area contributed by atoms with Crippen LogP contribution < -0.4 is 10.6 Å². The summed E-state index contributed by atoms with van der Waals surface area (Å²) in [6.45, 7) is 5.77. The van der Waals surface area contributed by atoms with E-state index in [1.807, 2.05) is 14.0 Å². The monoisotopic (exact) mass is 495 g/mol. The van der Waals surface area contributed by atoms with E-state index in [1.54, 1.807) is 12.6 Å². The van der Waals surface area contributed by atoms with Gasteiger partial charge in [-0.05, 0) is 32.1 Å². The van der Waals surface area contributed by atoms with E-state index in [0.717, 1.165) is 56.6 Å². The molecule has 1 saturated heterocycles. The van der Waals surface area contributed by atoms with Gasteiger partial charge in [-0.2, -0.15) is 0 Å². The number of ether oxygens (including phenoxy) is 1. The number of carbonyl (C=O) groups is 1. The Morgan fingerprint density at radius 1 is 1.38 bits per heavy atom. The molecule has 26 heavy (non-hydrogen) atoms. The molecule has 7 nitrogen and oxygen atoms in total. The third-order valence-electron chi connectivity index (χ3n) is 4.43. The Morgan fingerprint density at radius 3 is 2.69 bits per heavy atom. The SMILES string of the molecule is CN=C(NCCNC(=O)c1scnc1C)N(C)CCC1CCOCC1.I. The number of amides is 1. The highest BCUT2D eigenvalue weighted by Crippen LogP contribution is 2.18. The van der Waals surface area contributed by atoms with Crippen molar-refractivity contribution in [1.82, 2.24) is 20.5 Å². The fourth-order valence-electron chi connectivity index (χ4n) is 2.85. The van der Waals surface area contributed by atoms with Crippen LogP contribution in [0.5, 0.6) is 0 Å². The quantitative estimate of drug-likeness (QED) is 0.262. The van der Waals surface area contributed by atoms with Crippen LogP contribution in [-0.4, -0.2) is 68.7 Å². The Kier molecular flexibility index (Phi) is 11.1. The van der Waals surface area contributed by atoms with E-state index < -0.39 is 0 Å². The van der Waals surface area contributed by atoms with Crippen molar-refractivity contribution in [2.24, 2.45) is 10.9 Å². The van der Waals surface area contributed by atoms with Gasteiger partial charge in [0.15, 0.2) is 5.96 Å². The second-order valence-electron chi connectivity index (χ2n) is 6.26. The molecule has 0 atom stereocenters. The van der Waals surface area contributed by atoms with Gasteiger partial charge in [-0.25, -0.2) is 4.98 Å². The number of guanidine groups is 1. The fourth-order valence-corrected chi connectivity index (χ4v) is 3.57. The number of rotatable bonds is 7. The molecule has 1 aliphatic heterocycles. The van der Waals surface area contributed by atoms with Crippen LogP contribution >= 0.6 is 35.3 Å². The van der Waals surface area contributed by atoms with Crippen LogP contribution in [0.15, 0.2) is 10.5 Å². The van der Waals surface area contributed by atoms with E-state index in [9.17, 15) is 4.79 Å². The average molecular weight is 495 g/mol. The molecule has 0 saturated carbocycles. The Morgan fingerprint density at radius 2 is 2.08 bits per heavy atom. The average Bonchev–Trinajstić information content (AvgIpc) is 3.06. The lowest BCUT2D eigenvalue weighted by atomic mass is 9.96. The summed E-state index contributed by atoms with van der Waals surface area (Å²) >= 11 is 1.37. The van der Waals surface area contributed by atoms with Crippen LogP contribution in [0.25, 0.3) is 0 Å². The van der Waals surface area contributed by atoms with Crippen molar-refractivity contribution in [3.05, 3.63) is 16.1 Å². The molecule has 0 unspecified atom stereocenters. The fraction of sp³-hybridized carbons (Fsp3) is 0.706. The first-order chi connectivity index (χ1) is 12.1. The first-order valence-corrected chi connectivity index (χ1v) is 9.67. The molecule has 1 amide bonds. The number of thiazole rings is 1. The number of nitrogens with zero attached hydrogens (tertiary/aromatic N) is 3. The minimum Gasteiger partial charge on any atom is -0.381 e. The standard InChI is InChI=1S/C17H29N5O2S.HI/c1-13-15(25-12-21-13)16(23)19-7-8-20-17(18-2)22(3)9-4-14-5-10-24-11-6-14;/h12,14H,4-11H2,1-3H3,(H,18,20)(H,19,23);1H. The number of carbonyl (C=O) groups excluding carboxylic acids is 1. The number of aromatic nitrogens is 1. The van der Waals surface area contributed by atoms with E-state index in [0.29, 0.717) is 18.0 Å². The van der Waals surface area contributed by atoms with Crippen LogP contribution in [0.1, 0.15) is 34.6 Å². The molecule has 2 heterocycles. The summed E-state index contributed by atoms with van der Waals surface area (Å²) in [6, 6.07) is 0. The Bertz CT molecular complexity index is 575. The zero-order chi connectivity index (χ0) is 18.1. The predicted molar refractivity (Wildman–Crippen MR) is 117 cm³/mol. The van der Waals surface area contributed by atoms with E-state index in [2.05, 4.69) is 25.5 Å². The van der Waals surface area contributed by atoms with Gasteiger partial charge in [0.05, 0.1) is 11.2 Å². The summed E-state index contributed by atoms with van der Waals surface area (Å²) in [7, 11) is 3.83. The summed E-state index contributed by atoms with van der Waals surface area (Å²) in [5.74, 6) is 1.54. The van der Waals surface area contributed by atoms with Gasteiger partial charge in [0.1, 0.15) is 4.88 Å². The molecule has 2 N–H and O–H groups in total. The van der Waals surface area contributed by atoms with Gasteiger partial charge >= 0.3 is 0 Å². The van der Waals surface area contributed by atoms with Crippen LogP contribution in [-0.2, 0) is 4.74 Å². The number of aryl methyl sites for hydroxylation is 1. The number of hydrogen-bond donors (Lipinski definition) is 2. The normalized spacial score (nSPS) is 15.3. The van der Waals surface area contributed by atoms with Gasteiger partial charge in [0.2, 0.25) is 0 Å². The number of halogens is 1. The molecule has 1 aromatic rings. The number of aliphatic imine (C=N–C) groups is 1. The summed E-state index contributed by atoms with van der Waals surface area (Å²) in [5, 5.41) is 6.21. The third kappa shape index (κ3) is 7.36. The van der Waals surface area contributed by atoms with Gasteiger partial charge in [-0.3, -0.25) is 9.79 Å². The molecular formula is C17H30IN5O2S. The minimum atomic E-state index is -0.0651. The maximum Gasteiger partial charge on any atom is 0.263 e. The van der Waals surface area contributed by atoms with Crippen LogP contribution in [0, 0.1) is 12.8 Å². The maximum absolute atomic E-state index is 12.0. The van der Waals surface area contributed by atoms with E-state index >= 15 is 0 Å².